The lowest BCUT2D eigenvalue weighted by molar-refractivity contribution is 1.26. The Balaban J connectivity index is 2.70. The molecule has 4 heteroatoms. The maximum Gasteiger partial charge on any atom is 0.137 e. The number of hydrogen-bond donors (Lipinski definition) is 1. The van der Waals surface area contributed by atoms with Crippen molar-refractivity contribution in [3.8, 4) is 0 Å². The number of aromatic nitrogens is 1. The zero-order valence-electron chi connectivity index (χ0n) is 8.11. The van der Waals surface area contributed by atoms with Crippen LogP contribution < -0.4 is 5.84 Å². The Hall–Kier alpha value is -1.42. The summed E-state index contributed by atoms with van der Waals surface area (Å²) >= 11 is 1.61. The predicted octanol–water partition coefficient (Wildman–Crippen LogP) is 2.21. The van der Waals surface area contributed by atoms with Crippen LogP contribution >= 0.6 is 11.3 Å². The molecule has 0 unspecified atom stereocenters. The van der Waals surface area contributed by atoms with Gasteiger partial charge >= 0.3 is 0 Å². The highest BCUT2D eigenvalue weighted by molar-refractivity contribution is 7.20. The summed E-state index contributed by atoms with van der Waals surface area (Å²) < 4.78 is 1.19. The van der Waals surface area contributed by atoms with E-state index in [9.17, 15) is 0 Å². The fourth-order valence-corrected chi connectivity index (χ4v) is 2.53. The first-order valence-electron chi connectivity index (χ1n) is 4.32. The second kappa shape index (κ2) is 3.38. The normalized spacial score (nSPS) is 11.6. The van der Waals surface area contributed by atoms with Crippen molar-refractivity contribution < 1.29 is 0 Å². The van der Waals surface area contributed by atoms with Gasteiger partial charge in [0.05, 0.1) is 16.4 Å². The Bertz CT molecular complexity index is 499. The van der Waals surface area contributed by atoms with Gasteiger partial charge in [0, 0.05) is 0 Å². The molecule has 1 aromatic heterocycles. The van der Waals surface area contributed by atoms with Crippen LogP contribution in [-0.4, -0.2) is 11.2 Å². The van der Waals surface area contributed by atoms with Crippen LogP contribution in [0.3, 0.4) is 0 Å². The van der Waals surface area contributed by atoms with Crippen molar-refractivity contribution in [1.29, 1.82) is 0 Å². The number of hydrazone groups is 1. The number of fused-ring (bicyclic) bond motifs is 1. The van der Waals surface area contributed by atoms with Crippen LogP contribution in [0.5, 0.6) is 0 Å². The summed E-state index contributed by atoms with van der Waals surface area (Å²) in [6.45, 7) is 4.15. The van der Waals surface area contributed by atoms with Crippen LogP contribution in [0.1, 0.15) is 16.1 Å². The molecule has 72 valence electrons. The maximum absolute atomic E-state index is 5.09. The summed E-state index contributed by atoms with van der Waals surface area (Å²) in [4.78, 5) is 4.43. The second-order valence-electron chi connectivity index (χ2n) is 3.26. The van der Waals surface area contributed by atoms with Gasteiger partial charge in [-0.1, -0.05) is 6.07 Å². The molecule has 0 saturated heterocycles. The van der Waals surface area contributed by atoms with Gasteiger partial charge in [0.2, 0.25) is 0 Å². The van der Waals surface area contributed by atoms with Crippen LogP contribution in [0.15, 0.2) is 17.2 Å². The minimum atomic E-state index is 0.858. The molecule has 0 fully saturated rings. The second-order valence-corrected chi connectivity index (χ2v) is 4.32. The summed E-state index contributed by atoms with van der Waals surface area (Å²) in [6, 6.07) is 4.26. The lowest BCUT2D eigenvalue weighted by atomic mass is 10.1. The Morgan fingerprint density at radius 2 is 2.21 bits per heavy atom. The highest BCUT2D eigenvalue weighted by atomic mass is 32.1. The number of nitrogens with two attached hydrogens (primary N) is 1. The Morgan fingerprint density at radius 3 is 2.93 bits per heavy atom. The van der Waals surface area contributed by atoms with Crippen molar-refractivity contribution in [2.24, 2.45) is 10.9 Å². The minimum absolute atomic E-state index is 0.858. The highest BCUT2D eigenvalue weighted by Crippen LogP contribution is 2.25. The summed E-state index contributed by atoms with van der Waals surface area (Å²) in [6.07, 6.45) is 1.58. The predicted molar refractivity (Wildman–Crippen MR) is 60.9 cm³/mol. The van der Waals surface area contributed by atoms with E-state index in [-0.39, 0.29) is 0 Å². The summed E-state index contributed by atoms with van der Waals surface area (Å²) in [5.41, 5.74) is 3.51. The van der Waals surface area contributed by atoms with E-state index in [0.717, 1.165) is 10.5 Å². The Labute approximate surface area is 86.3 Å². The molecule has 2 rings (SSSR count). The average Bonchev–Trinajstić information content (AvgIpc) is 2.48. The fourth-order valence-electron chi connectivity index (χ4n) is 1.51. The van der Waals surface area contributed by atoms with Gasteiger partial charge in [-0.05, 0) is 31.0 Å². The minimum Gasteiger partial charge on any atom is -0.323 e. The third kappa shape index (κ3) is 1.48. The van der Waals surface area contributed by atoms with Gasteiger partial charge in [-0.15, -0.1) is 11.3 Å². The third-order valence-corrected chi connectivity index (χ3v) is 2.97. The highest BCUT2D eigenvalue weighted by Gasteiger charge is 2.04. The molecule has 0 amide bonds. The van der Waals surface area contributed by atoms with Crippen molar-refractivity contribution in [3.63, 3.8) is 0 Å². The molecule has 0 bridgehead atoms. The van der Waals surface area contributed by atoms with E-state index in [1.165, 1.54) is 15.8 Å². The van der Waals surface area contributed by atoms with Gasteiger partial charge in [-0.2, -0.15) is 5.10 Å². The van der Waals surface area contributed by atoms with Crippen molar-refractivity contribution in [2.45, 2.75) is 13.8 Å². The molecule has 0 atom stereocenters. The molecule has 1 heterocycles. The first-order valence-corrected chi connectivity index (χ1v) is 5.13. The van der Waals surface area contributed by atoms with Crippen molar-refractivity contribution in [3.05, 3.63) is 28.3 Å². The van der Waals surface area contributed by atoms with Gasteiger partial charge in [0.25, 0.3) is 0 Å². The Morgan fingerprint density at radius 1 is 1.43 bits per heavy atom. The molecule has 0 aliphatic carbocycles. The van der Waals surface area contributed by atoms with Gasteiger partial charge in [-0.3, -0.25) is 0 Å². The van der Waals surface area contributed by atoms with Crippen LogP contribution in [0.25, 0.3) is 10.2 Å². The largest absolute Gasteiger partial charge is 0.323 e. The SMILES string of the molecule is Cc1cc(C)c2nc(C=NN)sc2c1. The average molecular weight is 205 g/mol. The van der Waals surface area contributed by atoms with Crippen LogP contribution in [0.2, 0.25) is 0 Å². The molecular weight excluding hydrogens is 194 g/mol. The molecular formula is C10H11N3S. The van der Waals surface area contributed by atoms with E-state index in [0.29, 0.717) is 0 Å². The number of nitrogens with zero attached hydrogens (tertiary/aromatic N) is 2. The van der Waals surface area contributed by atoms with Crippen LogP contribution in [0, 0.1) is 13.8 Å². The van der Waals surface area contributed by atoms with E-state index >= 15 is 0 Å². The maximum atomic E-state index is 5.09. The number of aryl methyl sites for hydroxylation is 2. The summed E-state index contributed by atoms with van der Waals surface area (Å²) in [5.74, 6) is 5.09. The molecule has 0 saturated carbocycles. The molecule has 3 nitrogen and oxygen atoms in total. The molecule has 0 radical (unpaired) electrons. The van der Waals surface area contributed by atoms with Crippen LogP contribution in [0.4, 0.5) is 0 Å². The van der Waals surface area contributed by atoms with E-state index in [4.69, 9.17) is 5.84 Å². The van der Waals surface area contributed by atoms with Gasteiger partial charge < -0.3 is 5.84 Å². The Kier molecular flexibility index (Phi) is 2.21. The molecule has 0 spiro atoms. The topological polar surface area (TPSA) is 51.3 Å². The molecule has 0 aliphatic heterocycles. The van der Waals surface area contributed by atoms with E-state index in [1.54, 1.807) is 17.6 Å². The van der Waals surface area contributed by atoms with Gasteiger partial charge in [0.15, 0.2) is 0 Å². The number of rotatable bonds is 1. The van der Waals surface area contributed by atoms with Gasteiger partial charge in [-0.25, -0.2) is 4.98 Å². The van der Waals surface area contributed by atoms with E-state index in [1.807, 2.05) is 0 Å². The first kappa shape index (κ1) is 9.15. The monoisotopic (exact) mass is 205 g/mol. The standard InChI is InChI=1S/C10H11N3S/c1-6-3-7(2)10-8(4-6)14-9(13-10)5-12-11/h3-5H,11H2,1-2H3. The summed E-state index contributed by atoms with van der Waals surface area (Å²) in [5, 5.41) is 4.33. The first-order chi connectivity index (χ1) is 6.70. The summed E-state index contributed by atoms with van der Waals surface area (Å²) in [7, 11) is 0. The van der Waals surface area contributed by atoms with Gasteiger partial charge in [0.1, 0.15) is 5.01 Å². The van der Waals surface area contributed by atoms with Crippen molar-refractivity contribution in [1.82, 2.24) is 4.98 Å². The molecule has 1 aromatic carbocycles. The zero-order chi connectivity index (χ0) is 10.1. The third-order valence-electron chi connectivity index (χ3n) is 2.03. The van der Waals surface area contributed by atoms with Crippen molar-refractivity contribution >= 4 is 27.8 Å². The molecule has 0 aliphatic rings. The lowest BCUT2D eigenvalue weighted by Gasteiger charge is -1.95. The van der Waals surface area contributed by atoms with E-state index in [2.05, 4.69) is 36.1 Å². The zero-order valence-corrected chi connectivity index (χ0v) is 8.93. The van der Waals surface area contributed by atoms with E-state index < -0.39 is 0 Å². The fraction of sp³-hybridized carbons (Fsp3) is 0.200. The number of hydrogen-bond acceptors (Lipinski definition) is 4. The number of benzene rings is 1. The molecule has 2 N–H and O–H groups in total. The smallest absolute Gasteiger partial charge is 0.137 e. The number of thiazole rings is 1. The lowest BCUT2D eigenvalue weighted by Crippen LogP contribution is -1.84. The van der Waals surface area contributed by atoms with Crippen molar-refractivity contribution in [2.75, 3.05) is 0 Å². The molecule has 14 heavy (non-hydrogen) atoms. The quantitative estimate of drug-likeness (QED) is 0.441. The van der Waals surface area contributed by atoms with Crippen LogP contribution in [-0.2, 0) is 0 Å². The molecule has 2 aromatic rings.